The minimum absolute atomic E-state index is 0.408. The standard InChI is InChI=1S/C9H11N3O8/c13-2-3-6(15)7(16)8(20-3)11-5(12(18)19)1-4(14)10-9(11)17/h1,3,6-8,13,15-16H,2H2,(H,10,14,17)/t3-,6-,7-,8-/m1/s1. The topological polar surface area (TPSA) is 168 Å². The Bertz CT molecular complexity index is 637. The van der Waals surface area contributed by atoms with E-state index in [2.05, 4.69) is 0 Å². The van der Waals surface area contributed by atoms with Crippen LogP contribution in [0.25, 0.3) is 0 Å². The third-order valence-corrected chi connectivity index (χ3v) is 2.91. The molecular weight excluding hydrogens is 278 g/mol. The molecule has 1 saturated heterocycles. The van der Waals surface area contributed by atoms with E-state index in [9.17, 15) is 29.9 Å². The highest BCUT2D eigenvalue weighted by Crippen LogP contribution is 2.30. The molecule has 0 saturated carbocycles. The third-order valence-electron chi connectivity index (χ3n) is 2.91. The summed E-state index contributed by atoms with van der Waals surface area (Å²) in [5.41, 5.74) is -2.15. The maximum absolute atomic E-state index is 11.7. The highest BCUT2D eigenvalue weighted by Gasteiger charge is 2.48. The maximum Gasteiger partial charge on any atom is 0.418 e. The summed E-state index contributed by atoms with van der Waals surface area (Å²) < 4.78 is 5.43. The van der Waals surface area contributed by atoms with Gasteiger partial charge >= 0.3 is 11.5 Å². The molecule has 0 aromatic carbocycles. The number of nitro groups is 1. The molecule has 11 heteroatoms. The number of nitrogens with zero attached hydrogens (tertiary/aromatic N) is 2. The Hall–Kier alpha value is -2.08. The van der Waals surface area contributed by atoms with Crippen LogP contribution in [0.2, 0.25) is 0 Å². The van der Waals surface area contributed by atoms with Gasteiger partial charge in [-0.05, 0) is 4.92 Å². The lowest BCUT2D eigenvalue weighted by atomic mass is 10.1. The zero-order chi connectivity index (χ0) is 15.0. The molecule has 1 fully saturated rings. The molecule has 110 valence electrons. The van der Waals surface area contributed by atoms with Gasteiger partial charge in [0.25, 0.3) is 5.56 Å². The number of aromatic nitrogens is 2. The number of aliphatic hydroxyl groups is 3. The van der Waals surface area contributed by atoms with Gasteiger partial charge in [0, 0.05) is 0 Å². The van der Waals surface area contributed by atoms with Crippen molar-refractivity contribution in [3.8, 4) is 0 Å². The molecule has 0 radical (unpaired) electrons. The molecule has 2 heterocycles. The van der Waals surface area contributed by atoms with Crippen molar-refractivity contribution < 1.29 is 25.0 Å². The Labute approximate surface area is 109 Å². The number of nitrogens with one attached hydrogen (secondary N) is 1. The number of rotatable bonds is 3. The molecule has 11 nitrogen and oxygen atoms in total. The van der Waals surface area contributed by atoms with Gasteiger partial charge in [0.1, 0.15) is 18.3 Å². The quantitative estimate of drug-likeness (QED) is 0.338. The largest absolute Gasteiger partial charge is 0.418 e. The molecule has 20 heavy (non-hydrogen) atoms. The molecule has 0 unspecified atom stereocenters. The summed E-state index contributed by atoms with van der Waals surface area (Å²) in [5, 5.41) is 39.1. The van der Waals surface area contributed by atoms with Crippen molar-refractivity contribution in [3.05, 3.63) is 37.0 Å². The van der Waals surface area contributed by atoms with Gasteiger partial charge in [-0.3, -0.25) is 9.78 Å². The highest BCUT2D eigenvalue weighted by atomic mass is 16.6. The molecule has 1 aromatic heterocycles. The average molecular weight is 289 g/mol. The monoisotopic (exact) mass is 289 g/mol. The first-order chi connectivity index (χ1) is 9.36. The van der Waals surface area contributed by atoms with E-state index in [1.165, 1.54) is 0 Å². The smallest absolute Gasteiger partial charge is 0.394 e. The first-order valence-electron chi connectivity index (χ1n) is 5.49. The second-order valence-electron chi connectivity index (χ2n) is 4.15. The van der Waals surface area contributed by atoms with E-state index in [-0.39, 0.29) is 0 Å². The van der Waals surface area contributed by atoms with E-state index in [4.69, 9.17) is 9.84 Å². The van der Waals surface area contributed by atoms with E-state index in [0.717, 1.165) is 0 Å². The predicted octanol–water partition coefficient (Wildman–Crippen LogP) is -2.94. The molecule has 1 aliphatic rings. The van der Waals surface area contributed by atoms with Gasteiger partial charge in [-0.1, -0.05) is 0 Å². The van der Waals surface area contributed by atoms with Crippen molar-refractivity contribution in [1.29, 1.82) is 0 Å². The summed E-state index contributed by atoms with van der Waals surface area (Å²) in [6.07, 6.45) is -5.99. The summed E-state index contributed by atoms with van der Waals surface area (Å²) >= 11 is 0. The van der Waals surface area contributed by atoms with Crippen molar-refractivity contribution in [2.24, 2.45) is 0 Å². The van der Waals surface area contributed by atoms with Crippen LogP contribution < -0.4 is 11.2 Å². The SMILES string of the molecule is O=c1cc([N+](=O)[O-])n([C@@H]2O[C@H](CO)[C@@H](O)[C@H]2O)c(=O)[nH]1. The van der Waals surface area contributed by atoms with Gasteiger partial charge in [-0.15, -0.1) is 4.57 Å². The number of hydrogen-bond donors (Lipinski definition) is 4. The van der Waals surface area contributed by atoms with Gasteiger partial charge in [0.15, 0.2) is 0 Å². The van der Waals surface area contributed by atoms with Gasteiger partial charge in [0.05, 0.1) is 12.7 Å². The van der Waals surface area contributed by atoms with Crippen molar-refractivity contribution in [2.45, 2.75) is 24.5 Å². The van der Waals surface area contributed by atoms with E-state index in [1.807, 2.05) is 0 Å². The van der Waals surface area contributed by atoms with E-state index in [0.29, 0.717) is 10.6 Å². The Morgan fingerprint density at radius 2 is 2.05 bits per heavy atom. The van der Waals surface area contributed by atoms with E-state index < -0.39 is 53.1 Å². The van der Waals surface area contributed by atoms with Crippen LogP contribution in [-0.2, 0) is 4.74 Å². The van der Waals surface area contributed by atoms with Crippen LogP contribution >= 0.6 is 0 Å². The first kappa shape index (κ1) is 14.3. The predicted molar refractivity (Wildman–Crippen MR) is 61.0 cm³/mol. The van der Waals surface area contributed by atoms with Crippen molar-refractivity contribution in [1.82, 2.24) is 9.55 Å². The molecule has 0 aliphatic carbocycles. The molecule has 0 amide bonds. The van der Waals surface area contributed by atoms with E-state index >= 15 is 0 Å². The van der Waals surface area contributed by atoms with E-state index in [1.54, 1.807) is 4.98 Å². The number of aromatic amines is 1. The fraction of sp³-hybridized carbons (Fsp3) is 0.556. The van der Waals surface area contributed by atoms with Crippen LogP contribution in [0.1, 0.15) is 6.23 Å². The van der Waals surface area contributed by atoms with Gasteiger partial charge in [-0.2, -0.15) is 0 Å². The summed E-state index contributed by atoms with van der Waals surface area (Å²) in [4.78, 5) is 34.4. The second-order valence-corrected chi connectivity index (χ2v) is 4.15. The minimum Gasteiger partial charge on any atom is -0.394 e. The number of ether oxygens (including phenoxy) is 1. The lowest BCUT2D eigenvalue weighted by Gasteiger charge is -2.13. The molecule has 4 N–H and O–H groups in total. The number of hydrogen-bond acceptors (Lipinski definition) is 8. The summed E-state index contributed by atoms with van der Waals surface area (Å²) in [6.45, 7) is -0.652. The second kappa shape index (κ2) is 5.13. The first-order valence-corrected chi connectivity index (χ1v) is 5.49. The zero-order valence-corrected chi connectivity index (χ0v) is 9.87. The molecule has 1 aliphatic heterocycles. The highest BCUT2D eigenvalue weighted by molar-refractivity contribution is 5.18. The average Bonchev–Trinajstić information content (AvgIpc) is 2.65. The molecule has 0 bridgehead atoms. The van der Waals surface area contributed by atoms with Crippen molar-refractivity contribution in [3.63, 3.8) is 0 Å². The third kappa shape index (κ3) is 2.22. The number of H-pyrrole nitrogens is 1. The van der Waals surface area contributed by atoms with Gasteiger partial charge in [0.2, 0.25) is 6.23 Å². The van der Waals surface area contributed by atoms with Crippen molar-refractivity contribution in [2.75, 3.05) is 6.61 Å². The molecule has 2 rings (SSSR count). The van der Waals surface area contributed by atoms with Crippen LogP contribution in [0.3, 0.4) is 0 Å². The van der Waals surface area contributed by atoms with Gasteiger partial charge in [-0.25, -0.2) is 4.79 Å². The lowest BCUT2D eigenvalue weighted by Crippen LogP contribution is -2.39. The van der Waals surface area contributed by atoms with Gasteiger partial charge < -0.3 is 30.2 Å². The Morgan fingerprint density at radius 3 is 2.55 bits per heavy atom. The van der Waals surface area contributed by atoms with Crippen LogP contribution in [0.4, 0.5) is 5.82 Å². The summed E-state index contributed by atoms with van der Waals surface area (Å²) in [6, 6.07) is 0.552. The Kier molecular flexibility index (Phi) is 3.67. The van der Waals surface area contributed by atoms with Crippen LogP contribution in [0.5, 0.6) is 0 Å². The molecule has 1 aromatic rings. The van der Waals surface area contributed by atoms with Crippen LogP contribution in [0.15, 0.2) is 15.7 Å². The normalized spacial score (nSPS) is 29.6. The molecular formula is C9H11N3O8. The van der Waals surface area contributed by atoms with Crippen LogP contribution in [-0.4, -0.2) is 54.7 Å². The van der Waals surface area contributed by atoms with Crippen LogP contribution in [0, 0.1) is 10.1 Å². The summed E-state index contributed by atoms with van der Waals surface area (Å²) in [5.74, 6) is -0.895. The summed E-state index contributed by atoms with van der Waals surface area (Å²) in [7, 11) is 0. The fourth-order valence-electron chi connectivity index (χ4n) is 1.97. The molecule has 4 atom stereocenters. The maximum atomic E-state index is 11.7. The molecule has 0 spiro atoms. The minimum atomic E-state index is -1.67. The zero-order valence-electron chi connectivity index (χ0n) is 9.87. The Morgan fingerprint density at radius 1 is 1.40 bits per heavy atom. The lowest BCUT2D eigenvalue weighted by molar-refractivity contribution is -0.395. The van der Waals surface area contributed by atoms with Crippen molar-refractivity contribution >= 4 is 5.82 Å². The number of aliphatic hydroxyl groups excluding tert-OH is 3. The Balaban J connectivity index is 2.56. The fourth-order valence-corrected chi connectivity index (χ4v) is 1.97.